The molecular weight excluding hydrogens is 440 g/mol. The third-order valence-corrected chi connectivity index (χ3v) is 6.37. The monoisotopic (exact) mass is 474 g/mol. The summed E-state index contributed by atoms with van der Waals surface area (Å²) in [7, 11) is 1.68. The largest absolute Gasteiger partial charge is 0.497 e. The van der Waals surface area contributed by atoms with Crippen molar-refractivity contribution in [2.45, 2.75) is 25.4 Å². The van der Waals surface area contributed by atoms with Gasteiger partial charge in [0.15, 0.2) is 0 Å². The second-order valence-electron chi connectivity index (χ2n) is 8.88. The van der Waals surface area contributed by atoms with Gasteiger partial charge in [0.25, 0.3) is 5.91 Å². The molecule has 1 amide bonds. The maximum Gasteiger partial charge on any atom is 0.255 e. The van der Waals surface area contributed by atoms with Gasteiger partial charge in [0.05, 0.1) is 25.3 Å². The van der Waals surface area contributed by atoms with E-state index in [1.807, 2.05) is 48.5 Å². The zero-order valence-corrected chi connectivity index (χ0v) is 20.3. The van der Waals surface area contributed by atoms with Crippen LogP contribution in [0.15, 0.2) is 72.9 Å². The number of aromatic nitrogens is 1. The summed E-state index contributed by atoms with van der Waals surface area (Å²) < 4.78 is 5.26. The van der Waals surface area contributed by atoms with Crippen molar-refractivity contribution >= 4 is 11.7 Å². The first-order valence-electron chi connectivity index (χ1n) is 12.2. The van der Waals surface area contributed by atoms with Gasteiger partial charge < -0.3 is 20.1 Å². The van der Waals surface area contributed by atoms with E-state index in [1.165, 1.54) is 5.56 Å². The fraction of sp³-hybridized carbons (Fsp3) is 0.357. The molecule has 1 aromatic heterocycles. The highest BCUT2D eigenvalue weighted by Gasteiger charge is 2.23. The molecule has 7 nitrogen and oxygen atoms in total. The van der Waals surface area contributed by atoms with Crippen molar-refractivity contribution in [3.05, 3.63) is 89.6 Å². The molecule has 2 N–H and O–H groups in total. The molecule has 35 heavy (non-hydrogen) atoms. The smallest absolute Gasteiger partial charge is 0.255 e. The Morgan fingerprint density at radius 1 is 1.00 bits per heavy atom. The number of hydrogen-bond donors (Lipinski definition) is 2. The molecule has 1 aliphatic rings. The quantitative estimate of drug-likeness (QED) is 0.496. The highest BCUT2D eigenvalue weighted by molar-refractivity contribution is 5.99. The van der Waals surface area contributed by atoms with Crippen molar-refractivity contribution in [2.24, 2.45) is 0 Å². The van der Waals surface area contributed by atoms with Crippen LogP contribution in [-0.2, 0) is 13.0 Å². The molecule has 1 saturated heterocycles. The molecule has 4 rings (SSSR count). The van der Waals surface area contributed by atoms with Crippen molar-refractivity contribution in [3.8, 4) is 5.75 Å². The minimum Gasteiger partial charge on any atom is -0.497 e. The summed E-state index contributed by atoms with van der Waals surface area (Å²) in [5, 5.41) is 12.9. The third-order valence-electron chi connectivity index (χ3n) is 6.37. The normalized spacial score (nSPS) is 15.3. The van der Waals surface area contributed by atoms with Crippen molar-refractivity contribution in [3.63, 3.8) is 0 Å². The van der Waals surface area contributed by atoms with Gasteiger partial charge in [-0.05, 0) is 48.2 Å². The van der Waals surface area contributed by atoms with E-state index in [1.54, 1.807) is 19.4 Å². The molecule has 2 heterocycles. The topological polar surface area (TPSA) is 77.9 Å². The van der Waals surface area contributed by atoms with Gasteiger partial charge >= 0.3 is 0 Å². The molecular formula is C28H34N4O3. The second kappa shape index (κ2) is 12.3. The van der Waals surface area contributed by atoms with E-state index in [0.29, 0.717) is 17.8 Å². The van der Waals surface area contributed by atoms with Gasteiger partial charge in [0, 0.05) is 38.9 Å². The number of carbonyl (C=O) groups excluding carboxylic acids is 1. The molecule has 3 aromatic rings. The fourth-order valence-electron chi connectivity index (χ4n) is 4.48. The van der Waals surface area contributed by atoms with Gasteiger partial charge in [-0.3, -0.25) is 9.69 Å². The number of aliphatic hydroxyl groups is 1. The van der Waals surface area contributed by atoms with Crippen molar-refractivity contribution in [1.29, 1.82) is 0 Å². The Labute approximate surface area is 207 Å². The van der Waals surface area contributed by atoms with Crippen LogP contribution in [-0.4, -0.2) is 66.8 Å². The molecule has 0 spiro atoms. The summed E-state index contributed by atoms with van der Waals surface area (Å²) in [6.45, 7) is 4.26. The number of anilines is 1. The number of methoxy groups -OCH3 is 1. The maximum absolute atomic E-state index is 13.2. The SMILES string of the molecule is COc1ccc(CN2CCCN(c3ncccc3C(=O)NC(CO)Cc3ccccc3)CC2)cc1. The number of ether oxygens (including phenoxy) is 1. The molecule has 0 radical (unpaired) electrons. The predicted molar refractivity (Wildman–Crippen MR) is 138 cm³/mol. The number of aliphatic hydroxyl groups excluding tert-OH is 1. The summed E-state index contributed by atoms with van der Waals surface area (Å²) in [6.07, 6.45) is 3.30. The zero-order chi connectivity index (χ0) is 24.5. The van der Waals surface area contributed by atoms with Crippen LogP contribution < -0.4 is 15.0 Å². The van der Waals surface area contributed by atoms with E-state index in [9.17, 15) is 9.90 Å². The molecule has 1 fully saturated rings. The Balaban J connectivity index is 1.39. The number of amides is 1. The van der Waals surface area contributed by atoms with Crippen LogP contribution in [0.3, 0.4) is 0 Å². The van der Waals surface area contributed by atoms with Gasteiger partial charge in [-0.2, -0.15) is 0 Å². The van der Waals surface area contributed by atoms with Crippen molar-refractivity contribution in [1.82, 2.24) is 15.2 Å². The first-order valence-corrected chi connectivity index (χ1v) is 12.2. The molecule has 1 atom stereocenters. The lowest BCUT2D eigenvalue weighted by Gasteiger charge is -2.25. The van der Waals surface area contributed by atoms with Gasteiger partial charge in [0.1, 0.15) is 11.6 Å². The molecule has 184 valence electrons. The van der Waals surface area contributed by atoms with Crippen LogP contribution in [0.2, 0.25) is 0 Å². The summed E-state index contributed by atoms with van der Waals surface area (Å²) >= 11 is 0. The van der Waals surface area contributed by atoms with E-state index in [4.69, 9.17) is 4.74 Å². The number of pyridine rings is 1. The molecule has 0 aliphatic carbocycles. The van der Waals surface area contributed by atoms with Crippen molar-refractivity contribution < 1.29 is 14.6 Å². The van der Waals surface area contributed by atoms with E-state index >= 15 is 0 Å². The number of rotatable bonds is 9. The molecule has 0 bridgehead atoms. The van der Waals surface area contributed by atoms with Crippen molar-refractivity contribution in [2.75, 3.05) is 44.8 Å². The predicted octanol–water partition coefficient (Wildman–Crippen LogP) is 3.14. The molecule has 1 aliphatic heterocycles. The summed E-state index contributed by atoms with van der Waals surface area (Å²) in [5.41, 5.74) is 2.87. The van der Waals surface area contributed by atoms with Crippen LogP contribution in [0.25, 0.3) is 0 Å². The number of nitrogens with zero attached hydrogens (tertiary/aromatic N) is 3. The highest BCUT2D eigenvalue weighted by atomic mass is 16.5. The lowest BCUT2D eigenvalue weighted by atomic mass is 10.1. The van der Waals surface area contributed by atoms with Crippen LogP contribution >= 0.6 is 0 Å². The average molecular weight is 475 g/mol. The average Bonchev–Trinajstić information content (AvgIpc) is 3.14. The zero-order valence-electron chi connectivity index (χ0n) is 20.3. The Hall–Kier alpha value is -3.42. The number of carbonyl (C=O) groups is 1. The highest BCUT2D eigenvalue weighted by Crippen LogP contribution is 2.21. The minimum absolute atomic E-state index is 0.125. The lowest BCUT2D eigenvalue weighted by molar-refractivity contribution is 0.0916. The number of hydrogen-bond acceptors (Lipinski definition) is 6. The molecule has 1 unspecified atom stereocenters. The summed E-state index contributed by atoms with van der Waals surface area (Å²) in [6, 6.07) is 21.3. The van der Waals surface area contributed by atoms with Crippen LogP contribution in [0.5, 0.6) is 5.75 Å². The van der Waals surface area contributed by atoms with E-state index in [2.05, 4.69) is 32.2 Å². The van der Waals surface area contributed by atoms with Gasteiger partial charge in [-0.15, -0.1) is 0 Å². The molecule has 0 saturated carbocycles. The third kappa shape index (κ3) is 6.81. The van der Waals surface area contributed by atoms with Crippen LogP contribution in [0.1, 0.15) is 27.9 Å². The fourth-order valence-corrected chi connectivity index (χ4v) is 4.48. The van der Waals surface area contributed by atoms with Crippen LogP contribution in [0, 0.1) is 0 Å². The summed E-state index contributed by atoms with van der Waals surface area (Å²) in [5.74, 6) is 1.36. The lowest BCUT2D eigenvalue weighted by Crippen LogP contribution is -2.40. The number of benzene rings is 2. The van der Waals surface area contributed by atoms with Gasteiger partial charge in [-0.25, -0.2) is 4.98 Å². The Kier molecular flexibility index (Phi) is 8.70. The van der Waals surface area contributed by atoms with E-state index in [-0.39, 0.29) is 18.6 Å². The first kappa shape index (κ1) is 24.7. The number of nitrogens with one attached hydrogen (secondary N) is 1. The minimum atomic E-state index is -0.359. The molecule has 7 heteroatoms. The van der Waals surface area contributed by atoms with E-state index in [0.717, 1.165) is 50.5 Å². The first-order chi connectivity index (χ1) is 17.2. The van der Waals surface area contributed by atoms with Crippen LogP contribution in [0.4, 0.5) is 5.82 Å². The summed E-state index contributed by atoms with van der Waals surface area (Å²) in [4.78, 5) is 22.4. The standard InChI is InChI=1S/C28H34N4O3/c1-35-25-12-10-23(11-13-25)20-31-15-6-16-32(18-17-31)27-26(9-5-14-29-27)28(34)30-24(21-33)19-22-7-3-2-4-8-22/h2-5,7-14,24,33H,6,15-21H2,1H3,(H,30,34). The van der Waals surface area contributed by atoms with E-state index < -0.39 is 0 Å². The Morgan fingerprint density at radius 2 is 1.80 bits per heavy atom. The molecule has 2 aromatic carbocycles. The van der Waals surface area contributed by atoms with Gasteiger partial charge in [-0.1, -0.05) is 42.5 Å². The second-order valence-corrected chi connectivity index (χ2v) is 8.88. The Morgan fingerprint density at radius 3 is 2.54 bits per heavy atom. The maximum atomic E-state index is 13.2. The Bertz CT molecular complexity index is 1080. The van der Waals surface area contributed by atoms with Gasteiger partial charge in [0.2, 0.25) is 0 Å².